The molecule has 1 aromatic carbocycles. The van der Waals surface area contributed by atoms with Crippen LogP contribution in [0, 0.1) is 0 Å². The fourth-order valence-electron chi connectivity index (χ4n) is 1.51. The Labute approximate surface area is 83.0 Å². The lowest BCUT2D eigenvalue weighted by atomic mass is 10.00. The van der Waals surface area contributed by atoms with Crippen molar-refractivity contribution in [2.45, 2.75) is 26.2 Å². The number of hydrogen-bond donors (Lipinski definition) is 2. The van der Waals surface area contributed by atoms with E-state index in [1.165, 1.54) is 0 Å². The highest BCUT2D eigenvalue weighted by Gasteiger charge is 2.06. The number of carbonyl (C=O) groups is 1. The Bertz CT molecular complexity index is 331. The molecule has 0 spiro atoms. The standard InChI is InChI=1S/C11H14O3/c1-2-9-8(6-7-11(13)14)4-3-5-10(9)12/h3-5,12H,2,6-7H2,1H3,(H,13,14). The van der Waals surface area contributed by atoms with Crippen LogP contribution >= 0.6 is 0 Å². The lowest BCUT2D eigenvalue weighted by Crippen LogP contribution is -2.00. The zero-order valence-corrected chi connectivity index (χ0v) is 8.16. The summed E-state index contributed by atoms with van der Waals surface area (Å²) in [5.74, 6) is -0.550. The third kappa shape index (κ3) is 2.49. The smallest absolute Gasteiger partial charge is 0.303 e. The van der Waals surface area contributed by atoms with Crippen molar-refractivity contribution in [3.8, 4) is 5.75 Å². The highest BCUT2D eigenvalue weighted by atomic mass is 16.4. The molecule has 0 aliphatic carbocycles. The molecule has 0 radical (unpaired) electrons. The fourth-order valence-corrected chi connectivity index (χ4v) is 1.51. The summed E-state index contributed by atoms with van der Waals surface area (Å²) in [6.07, 6.45) is 1.31. The molecule has 0 unspecified atom stereocenters. The normalized spacial score (nSPS) is 10.1. The van der Waals surface area contributed by atoms with Crippen LogP contribution in [-0.2, 0) is 17.6 Å². The van der Waals surface area contributed by atoms with Gasteiger partial charge in [0.05, 0.1) is 0 Å². The van der Waals surface area contributed by atoms with Gasteiger partial charge < -0.3 is 10.2 Å². The molecule has 0 heterocycles. The Hall–Kier alpha value is -1.51. The zero-order chi connectivity index (χ0) is 10.6. The van der Waals surface area contributed by atoms with Crippen LogP contribution in [0.25, 0.3) is 0 Å². The van der Waals surface area contributed by atoms with Crippen molar-refractivity contribution in [2.24, 2.45) is 0 Å². The van der Waals surface area contributed by atoms with Gasteiger partial charge in [0.25, 0.3) is 0 Å². The summed E-state index contributed by atoms with van der Waals surface area (Å²) in [5.41, 5.74) is 1.78. The molecule has 0 atom stereocenters. The third-order valence-corrected chi connectivity index (χ3v) is 2.21. The van der Waals surface area contributed by atoms with Crippen LogP contribution in [0.4, 0.5) is 0 Å². The monoisotopic (exact) mass is 194 g/mol. The first-order valence-electron chi connectivity index (χ1n) is 4.66. The molecule has 0 aliphatic rings. The summed E-state index contributed by atoms with van der Waals surface area (Å²) < 4.78 is 0. The quantitative estimate of drug-likeness (QED) is 0.770. The largest absolute Gasteiger partial charge is 0.508 e. The topological polar surface area (TPSA) is 57.5 Å². The van der Waals surface area contributed by atoms with Gasteiger partial charge in [-0.15, -0.1) is 0 Å². The van der Waals surface area contributed by atoms with Crippen LogP contribution in [0.5, 0.6) is 5.75 Å². The molecule has 3 nitrogen and oxygen atoms in total. The number of phenols is 1. The van der Waals surface area contributed by atoms with Crippen LogP contribution in [0.1, 0.15) is 24.5 Å². The summed E-state index contributed by atoms with van der Waals surface area (Å²) in [6, 6.07) is 5.23. The number of phenolic OH excluding ortho intramolecular Hbond substituents is 1. The maximum absolute atomic E-state index is 10.4. The first kappa shape index (κ1) is 10.6. The molecule has 0 bridgehead atoms. The van der Waals surface area contributed by atoms with Gasteiger partial charge >= 0.3 is 5.97 Å². The Morgan fingerprint density at radius 2 is 2.14 bits per heavy atom. The number of carboxylic acid groups (broad SMARTS) is 1. The lowest BCUT2D eigenvalue weighted by molar-refractivity contribution is -0.136. The molecule has 0 fully saturated rings. The third-order valence-electron chi connectivity index (χ3n) is 2.21. The van der Waals surface area contributed by atoms with Crippen molar-refractivity contribution in [1.29, 1.82) is 0 Å². The second-order valence-electron chi connectivity index (χ2n) is 3.16. The summed E-state index contributed by atoms with van der Waals surface area (Å²) in [4.78, 5) is 10.4. The van der Waals surface area contributed by atoms with Gasteiger partial charge in [-0.2, -0.15) is 0 Å². The first-order chi connectivity index (χ1) is 6.65. The summed E-state index contributed by atoms with van der Waals surface area (Å²) in [6.45, 7) is 1.94. The number of hydrogen-bond acceptors (Lipinski definition) is 2. The molecule has 1 rings (SSSR count). The summed E-state index contributed by atoms with van der Waals surface area (Å²) in [5, 5.41) is 18.1. The molecule has 0 saturated heterocycles. The number of aromatic hydroxyl groups is 1. The van der Waals surface area contributed by atoms with Gasteiger partial charge in [0.1, 0.15) is 5.75 Å². The highest BCUT2D eigenvalue weighted by Crippen LogP contribution is 2.22. The van der Waals surface area contributed by atoms with E-state index in [2.05, 4.69) is 0 Å². The van der Waals surface area contributed by atoms with Crippen molar-refractivity contribution in [1.82, 2.24) is 0 Å². The van der Waals surface area contributed by atoms with Crippen LogP contribution in [0.3, 0.4) is 0 Å². The van der Waals surface area contributed by atoms with Crippen molar-refractivity contribution in [3.05, 3.63) is 29.3 Å². The number of rotatable bonds is 4. The molecule has 0 aromatic heterocycles. The van der Waals surface area contributed by atoms with Gasteiger partial charge in [0.15, 0.2) is 0 Å². The van der Waals surface area contributed by atoms with Crippen molar-refractivity contribution >= 4 is 5.97 Å². The molecule has 2 N–H and O–H groups in total. The minimum Gasteiger partial charge on any atom is -0.508 e. The maximum atomic E-state index is 10.4. The van der Waals surface area contributed by atoms with Crippen LogP contribution in [0.15, 0.2) is 18.2 Å². The van der Waals surface area contributed by atoms with E-state index < -0.39 is 5.97 Å². The van der Waals surface area contributed by atoms with Crippen molar-refractivity contribution < 1.29 is 15.0 Å². The summed E-state index contributed by atoms with van der Waals surface area (Å²) >= 11 is 0. The van der Waals surface area contributed by atoms with E-state index in [0.29, 0.717) is 6.42 Å². The molecule has 3 heteroatoms. The molecule has 1 aromatic rings. The highest BCUT2D eigenvalue weighted by molar-refractivity contribution is 5.67. The molecule has 76 valence electrons. The molecular formula is C11H14O3. The van der Waals surface area contributed by atoms with Gasteiger partial charge in [-0.1, -0.05) is 19.1 Å². The Morgan fingerprint density at radius 3 is 2.71 bits per heavy atom. The summed E-state index contributed by atoms with van der Waals surface area (Å²) in [7, 11) is 0. The lowest BCUT2D eigenvalue weighted by Gasteiger charge is -2.08. The Kier molecular flexibility index (Phi) is 3.51. The van der Waals surface area contributed by atoms with Gasteiger partial charge in [-0.05, 0) is 30.0 Å². The SMILES string of the molecule is CCc1c(O)cccc1CCC(=O)O. The number of aliphatic carboxylic acids is 1. The second-order valence-corrected chi connectivity index (χ2v) is 3.16. The van der Waals surface area contributed by atoms with Crippen molar-refractivity contribution in [2.75, 3.05) is 0 Å². The average Bonchev–Trinajstić information content (AvgIpc) is 2.14. The predicted octanol–water partition coefficient (Wildman–Crippen LogP) is 1.97. The van der Waals surface area contributed by atoms with E-state index in [1.54, 1.807) is 12.1 Å². The number of aryl methyl sites for hydroxylation is 1. The fraction of sp³-hybridized carbons (Fsp3) is 0.364. The minimum atomic E-state index is -0.810. The van der Waals surface area contributed by atoms with Crippen LogP contribution in [-0.4, -0.2) is 16.2 Å². The molecule has 0 saturated carbocycles. The van der Waals surface area contributed by atoms with Gasteiger partial charge in [0, 0.05) is 6.42 Å². The second kappa shape index (κ2) is 4.65. The number of carboxylic acids is 1. The average molecular weight is 194 g/mol. The zero-order valence-electron chi connectivity index (χ0n) is 8.16. The van der Waals surface area contributed by atoms with E-state index in [9.17, 15) is 9.90 Å². The Balaban J connectivity index is 2.85. The molecule has 0 aliphatic heterocycles. The van der Waals surface area contributed by atoms with Gasteiger partial charge in [-0.3, -0.25) is 4.79 Å². The van der Waals surface area contributed by atoms with Crippen LogP contribution < -0.4 is 0 Å². The first-order valence-corrected chi connectivity index (χ1v) is 4.66. The van der Waals surface area contributed by atoms with E-state index in [4.69, 9.17) is 5.11 Å². The van der Waals surface area contributed by atoms with Crippen LogP contribution in [0.2, 0.25) is 0 Å². The maximum Gasteiger partial charge on any atom is 0.303 e. The van der Waals surface area contributed by atoms with E-state index in [0.717, 1.165) is 17.5 Å². The molecular weight excluding hydrogens is 180 g/mol. The van der Waals surface area contributed by atoms with E-state index in [-0.39, 0.29) is 12.2 Å². The van der Waals surface area contributed by atoms with Gasteiger partial charge in [-0.25, -0.2) is 0 Å². The molecule has 0 amide bonds. The van der Waals surface area contributed by atoms with E-state index in [1.807, 2.05) is 13.0 Å². The number of benzene rings is 1. The van der Waals surface area contributed by atoms with Crippen molar-refractivity contribution in [3.63, 3.8) is 0 Å². The minimum absolute atomic E-state index is 0.108. The molecule has 14 heavy (non-hydrogen) atoms. The van der Waals surface area contributed by atoms with E-state index >= 15 is 0 Å². The Morgan fingerprint density at radius 1 is 1.43 bits per heavy atom. The predicted molar refractivity (Wildman–Crippen MR) is 53.4 cm³/mol. The van der Waals surface area contributed by atoms with Gasteiger partial charge in [0.2, 0.25) is 0 Å².